The average molecular weight is 252 g/mol. The number of fused-ring (bicyclic) bond motifs is 1. The molecule has 0 bridgehead atoms. The van der Waals surface area contributed by atoms with Crippen LogP contribution in [0.15, 0.2) is 33.5 Å². The van der Waals surface area contributed by atoms with Gasteiger partial charge in [-0.1, -0.05) is 15.9 Å². The van der Waals surface area contributed by atoms with Crippen LogP contribution in [0, 0.1) is 6.92 Å². The first-order chi connectivity index (χ1) is 6.59. The van der Waals surface area contributed by atoms with Gasteiger partial charge in [-0.3, -0.25) is 4.79 Å². The molecule has 2 aromatic rings. The summed E-state index contributed by atoms with van der Waals surface area (Å²) in [7, 11) is 1.79. The van der Waals surface area contributed by atoms with Gasteiger partial charge in [0.1, 0.15) is 0 Å². The third-order valence-electron chi connectivity index (χ3n) is 2.41. The van der Waals surface area contributed by atoms with Crippen LogP contribution >= 0.6 is 15.9 Å². The van der Waals surface area contributed by atoms with E-state index in [1.54, 1.807) is 17.7 Å². The highest BCUT2D eigenvalue weighted by molar-refractivity contribution is 9.10. The van der Waals surface area contributed by atoms with Crippen LogP contribution in [0.4, 0.5) is 0 Å². The van der Waals surface area contributed by atoms with Crippen molar-refractivity contribution in [3.63, 3.8) is 0 Å². The summed E-state index contributed by atoms with van der Waals surface area (Å²) >= 11 is 3.47. The second-order valence-electron chi connectivity index (χ2n) is 3.39. The highest BCUT2D eigenvalue weighted by atomic mass is 79.9. The average Bonchev–Trinajstić information content (AvgIpc) is 2.15. The largest absolute Gasteiger partial charge is 0.311 e. The monoisotopic (exact) mass is 251 g/mol. The van der Waals surface area contributed by atoms with Crippen molar-refractivity contribution in [2.45, 2.75) is 6.92 Å². The number of aromatic nitrogens is 1. The van der Waals surface area contributed by atoms with Crippen molar-refractivity contribution in [1.82, 2.24) is 4.57 Å². The van der Waals surface area contributed by atoms with Gasteiger partial charge in [-0.05, 0) is 36.1 Å². The predicted molar refractivity (Wildman–Crippen MR) is 61.6 cm³/mol. The zero-order chi connectivity index (χ0) is 10.3. The smallest absolute Gasteiger partial charge is 0.250 e. The molecular formula is C11H10BrNO. The van der Waals surface area contributed by atoms with Gasteiger partial charge < -0.3 is 4.57 Å². The van der Waals surface area contributed by atoms with E-state index in [0.717, 1.165) is 20.9 Å². The lowest BCUT2D eigenvalue weighted by Crippen LogP contribution is -2.15. The molecule has 0 fully saturated rings. The van der Waals surface area contributed by atoms with Crippen molar-refractivity contribution in [3.05, 3.63) is 44.7 Å². The lowest BCUT2D eigenvalue weighted by atomic mass is 10.1. The summed E-state index contributed by atoms with van der Waals surface area (Å²) in [6, 6.07) is 7.48. The van der Waals surface area contributed by atoms with E-state index in [4.69, 9.17) is 0 Å². The molecule has 14 heavy (non-hydrogen) atoms. The van der Waals surface area contributed by atoms with Crippen LogP contribution in [0.1, 0.15) is 5.56 Å². The van der Waals surface area contributed by atoms with Gasteiger partial charge in [-0.2, -0.15) is 0 Å². The van der Waals surface area contributed by atoms with Crippen LogP contribution in [0.2, 0.25) is 0 Å². The van der Waals surface area contributed by atoms with E-state index >= 15 is 0 Å². The Morgan fingerprint density at radius 1 is 1.29 bits per heavy atom. The first-order valence-electron chi connectivity index (χ1n) is 4.35. The van der Waals surface area contributed by atoms with Crippen LogP contribution in [0.25, 0.3) is 10.9 Å². The van der Waals surface area contributed by atoms with E-state index < -0.39 is 0 Å². The van der Waals surface area contributed by atoms with Crippen LogP contribution in [-0.2, 0) is 7.05 Å². The highest BCUT2D eigenvalue weighted by Gasteiger charge is 2.02. The minimum atomic E-state index is 0.0271. The molecule has 0 aliphatic carbocycles. The Hall–Kier alpha value is -1.09. The molecular weight excluding hydrogens is 242 g/mol. The molecule has 72 valence electrons. The van der Waals surface area contributed by atoms with Crippen LogP contribution in [0.5, 0.6) is 0 Å². The van der Waals surface area contributed by atoms with Crippen molar-refractivity contribution < 1.29 is 0 Å². The summed E-state index contributed by atoms with van der Waals surface area (Å²) in [5.41, 5.74) is 2.14. The molecule has 2 rings (SSSR count). The highest BCUT2D eigenvalue weighted by Crippen LogP contribution is 2.22. The van der Waals surface area contributed by atoms with Crippen molar-refractivity contribution in [2.75, 3.05) is 0 Å². The lowest BCUT2D eigenvalue weighted by molar-refractivity contribution is 0.905. The van der Waals surface area contributed by atoms with Crippen molar-refractivity contribution in [3.8, 4) is 0 Å². The number of rotatable bonds is 0. The fourth-order valence-corrected chi connectivity index (χ4v) is 1.86. The first kappa shape index (κ1) is 9.46. The number of pyridine rings is 1. The molecule has 0 spiro atoms. The second kappa shape index (κ2) is 3.24. The Morgan fingerprint density at radius 2 is 2.00 bits per heavy atom. The molecule has 0 saturated heterocycles. The zero-order valence-corrected chi connectivity index (χ0v) is 9.63. The quantitative estimate of drug-likeness (QED) is 0.706. The minimum absolute atomic E-state index is 0.0271. The molecule has 0 N–H and O–H groups in total. The number of halogens is 1. The van der Waals surface area contributed by atoms with Crippen LogP contribution < -0.4 is 5.56 Å². The fraction of sp³-hybridized carbons (Fsp3) is 0.182. The zero-order valence-electron chi connectivity index (χ0n) is 8.04. The van der Waals surface area contributed by atoms with Gasteiger partial charge in [0, 0.05) is 17.6 Å². The van der Waals surface area contributed by atoms with Crippen LogP contribution in [-0.4, -0.2) is 4.57 Å². The topological polar surface area (TPSA) is 22.0 Å². The SMILES string of the molecule is Cc1cc2c(ccc(=O)n2C)cc1Br. The molecule has 0 atom stereocenters. The van der Waals surface area contributed by atoms with Gasteiger partial charge in [-0.15, -0.1) is 0 Å². The van der Waals surface area contributed by atoms with Gasteiger partial charge >= 0.3 is 0 Å². The number of hydrogen-bond donors (Lipinski definition) is 0. The molecule has 1 heterocycles. The maximum Gasteiger partial charge on any atom is 0.250 e. The summed E-state index contributed by atoms with van der Waals surface area (Å²) in [6.45, 7) is 2.01. The summed E-state index contributed by atoms with van der Waals surface area (Å²) < 4.78 is 2.73. The molecule has 3 heteroatoms. The van der Waals surface area contributed by atoms with Crippen molar-refractivity contribution >= 4 is 26.8 Å². The van der Waals surface area contributed by atoms with Crippen LogP contribution in [0.3, 0.4) is 0 Å². The Morgan fingerprint density at radius 3 is 2.71 bits per heavy atom. The number of benzene rings is 1. The van der Waals surface area contributed by atoms with E-state index in [-0.39, 0.29) is 5.56 Å². The molecule has 2 nitrogen and oxygen atoms in total. The summed E-state index contributed by atoms with van der Waals surface area (Å²) in [6.07, 6.45) is 0. The standard InChI is InChI=1S/C11H10BrNO/c1-7-5-10-8(6-9(7)12)3-4-11(14)13(10)2/h3-6H,1-2H3. The van der Waals surface area contributed by atoms with E-state index in [2.05, 4.69) is 15.9 Å². The third kappa shape index (κ3) is 1.38. The number of aryl methyl sites for hydroxylation is 2. The summed E-state index contributed by atoms with van der Waals surface area (Å²) in [4.78, 5) is 11.4. The third-order valence-corrected chi connectivity index (χ3v) is 3.26. The number of nitrogens with zero attached hydrogens (tertiary/aromatic N) is 1. The molecule has 1 aromatic carbocycles. The van der Waals surface area contributed by atoms with Crippen molar-refractivity contribution in [2.24, 2.45) is 7.05 Å². The summed E-state index contributed by atoms with van der Waals surface area (Å²) in [5, 5.41) is 1.07. The normalized spacial score (nSPS) is 10.8. The Labute approximate surface area is 90.3 Å². The molecule has 0 radical (unpaired) electrons. The predicted octanol–water partition coefficient (Wildman–Crippen LogP) is 2.61. The molecule has 0 saturated carbocycles. The van der Waals surface area contributed by atoms with Gasteiger partial charge in [-0.25, -0.2) is 0 Å². The Balaban J connectivity index is 2.97. The lowest BCUT2D eigenvalue weighted by Gasteiger charge is -2.06. The van der Waals surface area contributed by atoms with Gasteiger partial charge in [0.25, 0.3) is 5.56 Å². The summed E-state index contributed by atoms with van der Waals surface area (Å²) in [5.74, 6) is 0. The first-order valence-corrected chi connectivity index (χ1v) is 5.15. The van der Waals surface area contributed by atoms with Gasteiger partial charge in [0.2, 0.25) is 0 Å². The second-order valence-corrected chi connectivity index (χ2v) is 4.25. The minimum Gasteiger partial charge on any atom is -0.311 e. The maximum absolute atomic E-state index is 11.4. The molecule has 0 amide bonds. The molecule has 0 unspecified atom stereocenters. The molecule has 1 aromatic heterocycles. The fourth-order valence-electron chi connectivity index (χ4n) is 1.50. The number of hydrogen-bond acceptors (Lipinski definition) is 1. The van der Waals surface area contributed by atoms with Crippen molar-refractivity contribution in [1.29, 1.82) is 0 Å². The van der Waals surface area contributed by atoms with E-state index in [9.17, 15) is 4.79 Å². The van der Waals surface area contributed by atoms with E-state index in [0.29, 0.717) is 0 Å². The Bertz CT molecular complexity index is 557. The van der Waals surface area contributed by atoms with E-state index in [1.807, 2.05) is 25.1 Å². The van der Waals surface area contributed by atoms with Gasteiger partial charge in [0.05, 0.1) is 5.52 Å². The molecule has 0 aliphatic rings. The molecule has 0 aliphatic heterocycles. The van der Waals surface area contributed by atoms with E-state index in [1.165, 1.54) is 0 Å². The Kier molecular flexibility index (Phi) is 2.19. The maximum atomic E-state index is 11.4. The van der Waals surface area contributed by atoms with Gasteiger partial charge in [0.15, 0.2) is 0 Å².